The fourth-order valence-electron chi connectivity index (χ4n) is 3.37. The summed E-state index contributed by atoms with van der Waals surface area (Å²) < 4.78 is 26.6. The highest BCUT2D eigenvalue weighted by molar-refractivity contribution is 7.15. The van der Waals surface area contributed by atoms with Gasteiger partial charge in [-0.05, 0) is 19.4 Å². The van der Waals surface area contributed by atoms with Gasteiger partial charge in [0.15, 0.2) is 27.5 Å². The number of ether oxygens (including phenoxy) is 2. The molecule has 4 heterocycles. The Morgan fingerprint density at radius 3 is 2.90 bits per heavy atom. The number of hydrogen-bond acceptors (Lipinski definition) is 9. The zero-order valence-corrected chi connectivity index (χ0v) is 17.2. The highest BCUT2D eigenvalue weighted by Crippen LogP contribution is 2.29. The van der Waals surface area contributed by atoms with Crippen LogP contribution in [0.5, 0.6) is 5.06 Å². The number of aromatic nitrogens is 3. The van der Waals surface area contributed by atoms with Gasteiger partial charge in [-0.15, -0.1) is 0 Å². The van der Waals surface area contributed by atoms with Gasteiger partial charge in [-0.2, -0.15) is 0 Å². The molecule has 0 radical (unpaired) electrons. The predicted octanol–water partition coefficient (Wildman–Crippen LogP) is 1.70. The van der Waals surface area contributed by atoms with Crippen LogP contribution in [0.1, 0.15) is 23.7 Å². The molecule has 0 aromatic carbocycles. The van der Waals surface area contributed by atoms with Crippen molar-refractivity contribution >= 4 is 34.2 Å². The molecule has 0 bridgehead atoms. The van der Waals surface area contributed by atoms with Gasteiger partial charge in [-0.3, -0.25) is 9.36 Å². The third kappa shape index (κ3) is 3.50. The Morgan fingerprint density at radius 1 is 1.47 bits per heavy atom. The van der Waals surface area contributed by atoms with Crippen LogP contribution < -0.4 is 20.8 Å². The number of nitrogens with zero attached hydrogens (tertiary/aromatic N) is 4. The van der Waals surface area contributed by atoms with Crippen molar-refractivity contribution in [3.63, 3.8) is 0 Å². The predicted molar refractivity (Wildman–Crippen MR) is 110 cm³/mol. The van der Waals surface area contributed by atoms with Crippen LogP contribution in [0.4, 0.5) is 10.2 Å². The van der Waals surface area contributed by atoms with E-state index in [1.807, 2.05) is 0 Å². The molecule has 9 nitrogen and oxygen atoms in total. The molecule has 3 aromatic heterocycles. The normalized spacial score (nSPS) is 16.3. The lowest BCUT2D eigenvalue weighted by molar-refractivity contribution is 0.0524. The highest BCUT2D eigenvalue weighted by atomic mass is 32.1. The zero-order valence-electron chi connectivity index (χ0n) is 16.4. The number of esters is 1. The number of thiazole rings is 1. The van der Waals surface area contributed by atoms with Crippen LogP contribution in [0.25, 0.3) is 16.2 Å². The van der Waals surface area contributed by atoms with E-state index in [9.17, 15) is 14.0 Å². The molecule has 0 spiro atoms. The molecule has 30 heavy (non-hydrogen) atoms. The van der Waals surface area contributed by atoms with Gasteiger partial charge in [0.25, 0.3) is 0 Å². The lowest BCUT2D eigenvalue weighted by Crippen LogP contribution is -2.28. The first-order chi connectivity index (χ1) is 14.4. The molecule has 4 rings (SSSR count). The van der Waals surface area contributed by atoms with Crippen molar-refractivity contribution in [3.8, 4) is 10.2 Å². The quantitative estimate of drug-likeness (QED) is 0.605. The van der Waals surface area contributed by atoms with Gasteiger partial charge in [0.2, 0.25) is 5.43 Å². The van der Waals surface area contributed by atoms with Gasteiger partial charge in [0, 0.05) is 25.3 Å². The summed E-state index contributed by atoms with van der Waals surface area (Å²) in [5, 5.41) is 0.896. The molecule has 158 valence electrons. The molecule has 1 atom stereocenters. The number of rotatable bonds is 5. The fraction of sp³-hybridized carbons (Fsp3) is 0.368. The Kier molecular flexibility index (Phi) is 5.39. The van der Waals surface area contributed by atoms with Crippen LogP contribution in [-0.2, 0) is 4.74 Å². The molecule has 0 aliphatic carbocycles. The summed E-state index contributed by atoms with van der Waals surface area (Å²) in [5.41, 5.74) is 5.25. The third-order valence-electron chi connectivity index (χ3n) is 4.81. The van der Waals surface area contributed by atoms with E-state index in [0.29, 0.717) is 23.3 Å². The minimum atomic E-state index is -0.795. The fourth-order valence-corrected chi connectivity index (χ4v) is 4.08. The Morgan fingerprint density at radius 2 is 2.27 bits per heavy atom. The van der Waals surface area contributed by atoms with Crippen molar-refractivity contribution in [2.75, 3.05) is 31.7 Å². The Hall–Kier alpha value is -3.05. The molecule has 2 N–H and O–H groups in total. The number of nitrogens with two attached hydrogens (primary N) is 1. The number of methoxy groups -OCH3 is 1. The Labute approximate surface area is 174 Å². The zero-order chi connectivity index (χ0) is 21.4. The van der Waals surface area contributed by atoms with Gasteiger partial charge >= 0.3 is 5.97 Å². The lowest BCUT2D eigenvalue weighted by Gasteiger charge is -2.19. The minimum absolute atomic E-state index is 0.0422. The summed E-state index contributed by atoms with van der Waals surface area (Å²) in [6.45, 7) is 2.76. The van der Waals surface area contributed by atoms with E-state index in [1.165, 1.54) is 35.4 Å². The summed E-state index contributed by atoms with van der Waals surface area (Å²) in [7, 11) is 1.51. The van der Waals surface area contributed by atoms with E-state index < -0.39 is 17.2 Å². The van der Waals surface area contributed by atoms with Crippen molar-refractivity contribution in [1.29, 1.82) is 0 Å². The molecule has 0 saturated carbocycles. The lowest BCUT2D eigenvalue weighted by atomic mass is 10.2. The van der Waals surface area contributed by atoms with Crippen LogP contribution in [0.15, 0.2) is 23.3 Å². The second-order valence-electron chi connectivity index (χ2n) is 6.79. The van der Waals surface area contributed by atoms with Crippen LogP contribution in [0, 0.1) is 5.82 Å². The Bertz CT molecular complexity index is 1180. The maximum atomic E-state index is 14.9. The minimum Gasteiger partial charge on any atom is -0.486 e. The van der Waals surface area contributed by atoms with Gasteiger partial charge in [-0.25, -0.2) is 19.2 Å². The van der Waals surface area contributed by atoms with E-state index in [2.05, 4.69) is 9.97 Å². The van der Waals surface area contributed by atoms with E-state index in [1.54, 1.807) is 11.8 Å². The van der Waals surface area contributed by atoms with Crippen molar-refractivity contribution < 1.29 is 18.7 Å². The van der Waals surface area contributed by atoms with Crippen LogP contribution in [0.2, 0.25) is 0 Å². The molecule has 11 heteroatoms. The molecule has 1 aliphatic rings. The van der Waals surface area contributed by atoms with Crippen LogP contribution in [-0.4, -0.2) is 53.4 Å². The number of hydrogen-bond donors (Lipinski definition) is 1. The standard InChI is InChI=1S/C19H20FN5O4S/c1-3-29-18(27)12-9-25(19-22-7-14(28-2)30-19)16-11(15(12)26)6-13(20)17(23-16)24-5-4-10(21)8-24/h6-7,9-10H,3-5,8,21H2,1-2H3. The SMILES string of the molecule is CCOC(=O)c1cn(-c2ncc(OC)s2)c2nc(N3CCC(N)C3)c(F)cc2c1=O. The number of fused-ring (bicyclic) bond motifs is 1. The van der Waals surface area contributed by atoms with E-state index in [4.69, 9.17) is 15.2 Å². The average Bonchev–Trinajstić information content (AvgIpc) is 3.37. The first-order valence-electron chi connectivity index (χ1n) is 9.36. The monoisotopic (exact) mass is 433 g/mol. The summed E-state index contributed by atoms with van der Waals surface area (Å²) in [6.07, 6.45) is 3.56. The van der Waals surface area contributed by atoms with Gasteiger partial charge < -0.3 is 20.1 Å². The van der Waals surface area contributed by atoms with Crippen molar-refractivity contribution in [1.82, 2.24) is 14.5 Å². The number of pyridine rings is 2. The topological polar surface area (TPSA) is 113 Å². The molecule has 1 saturated heterocycles. The maximum absolute atomic E-state index is 14.9. The van der Waals surface area contributed by atoms with E-state index in [0.717, 1.165) is 12.5 Å². The molecule has 1 aliphatic heterocycles. The summed E-state index contributed by atoms with van der Waals surface area (Å²) >= 11 is 1.19. The van der Waals surface area contributed by atoms with E-state index in [-0.39, 0.29) is 35.1 Å². The summed E-state index contributed by atoms with van der Waals surface area (Å²) in [5.74, 6) is -1.34. The van der Waals surface area contributed by atoms with Crippen molar-refractivity contribution in [2.45, 2.75) is 19.4 Å². The average molecular weight is 433 g/mol. The first kappa shape index (κ1) is 20.2. The number of anilines is 1. The molecule has 1 fully saturated rings. The maximum Gasteiger partial charge on any atom is 0.343 e. The Balaban J connectivity index is 1.97. The largest absolute Gasteiger partial charge is 0.486 e. The molecular formula is C19H20FN5O4S. The summed E-state index contributed by atoms with van der Waals surface area (Å²) in [4.78, 5) is 35.7. The van der Waals surface area contributed by atoms with E-state index >= 15 is 0 Å². The third-order valence-corrected chi connectivity index (χ3v) is 5.77. The number of carbonyl (C=O) groups excluding carboxylic acids is 1. The molecule has 1 unspecified atom stereocenters. The molecule has 3 aromatic rings. The van der Waals surface area contributed by atoms with Gasteiger partial charge in [0.1, 0.15) is 5.56 Å². The number of halogens is 1. The summed E-state index contributed by atoms with van der Waals surface area (Å²) in [6, 6.07) is 1.03. The second-order valence-corrected chi connectivity index (χ2v) is 7.76. The van der Waals surface area contributed by atoms with Crippen LogP contribution in [0.3, 0.4) is 0 Å². The van der Waals surface area contributed by atoms with Crippen molar-refractivity contribution in [3.05, 3.63) is 40.1 Å². The van der Waals surface area contributed by atoms with Gasteiger partial charge in [0.05, 0.1) is 25.3 Å². The smallest absolute Gasteiger partial charge is 0.343 e. The molecule has 0 amide bonds. The second kappa shape index (κ2) is 8.00. The van der Waals surface area contributed by atoms with Crippen molar-refractivity contribution in [2.24, 2.45) is 5.73 Å². The first-order valence-corrected chi connectivity index (χ1v) is 10.2. The van der Waals surface area contributed by atoms with Gasteiger partial charge in [-0.1, -0.05) is 11.3 Å². The van der Waals surface area contributed by atoms with Crippen LogP contribution >= 0.6 is 11.3 Å². The molecular weight excluding hydrogens is 413 g/mol. The number of carbonyl (C=O) groups is 1. The highest BCUT2D eigenvalue weighted by Gasteiger charge is 2.26.